The molecule has 1 fully saturated rings. The number of nitrogens with zero attached hydrogens (tertiary/aromatic N) is 1. The summed E-state index contributed by atoms with van der Waals surface area (Å²) in [5, 5.41) is 4.36. The Morgan fingerprint density at radius 1 is 1.44 bits per heavy atom. The summed E-state index contributed by atoms with van der Waals surface area (Å²) in [7, 11) is 0. The lowest BCUT2D eigenvalue weighted by Crippen LogP contribution is -2.26. The standard InChI is InChI=1S/C15H23ClN2/c1-2-7-17-10-14-6-8-18(12-14)11-13-4-3-5-15(16)9-13/h3-5,9,14,17H,2,6-8,10-12H2,1H3. The van der Waals surface area contributed by atoms with Gasteiger partial charge in [0.2, 0.25) is 0 Å². The van der Waals surface area contributed by atoms with Gasteiger partial charge < -0.3 is 5.32 Å². The molecule has 2 rings (SSSR count). The highest BCUT2D eigenvalue weighted by molar-refractivity contribution is 6.30. The van der Waals surface area contributed by atoms with Crippen molar-refractivity contribution < 1.29 is 0 Å². The summed E-state index contributed by atoms with van der Waals surface area (Å²) in [6.07, 6.45) is 2.54. The first-order chi connectivity index (χ1) is 8.78. The van der Waals surface area contributed by atoms with Gasteiger partial charge in [0.15, 0.2) is 0 Å². The fraction of sp³-hybridized carbons (Fsp3) is 0.600. The molecule has 0 radical (unpaired) electrons. The van der Waals surface area contributed by atoms with Crippen molar-refractivity contribution in [3.8, 4) is 0 Å². The minimum absolute atomic E-state index is 0.815. The van der Waals surface area contributed by atoms with Crippen molar-refractivity contribution in [3.63, 3.8) is 0 Å². The van der Waals surface area contributed by atoms with Gasteiger partial charge >= 0.3 is 0 Å². The average molecular weight is 267 g/mol. The second kappa shape index (κ2) is 7.13. The van der Waals surface area contributed by atoms with Gasteiger partial charge in [-0.25, -0.2) is 0 Å². The maximum Gasteiger partial charge on any atom is 0.0409 e. The van der Waals surface area contributed by atoms with Crippen molar-refractivity contribution in [1.82, 2.24) is 10.2 Å². The van der Waals surface area contributed by atoms with E-state index in [4.69, 9.17) is 11.6 Å². The molecular formula is C15H23ClN2. The van der Waals surface area contributed by atoms with Crippen molar-refractivity contribution in [2.75, 3.05) is 26.2 Å². The maximum absolute atomic E-state index is 6.01. The van der Waals surface area contributed by atoms with Gasteiger partial charge in [-0.05, 0) is 56.1 Å². The Kier molecular flexibility index (Phi) is 5.48. The Morgan fingerprint density at radius 2 is 2.33 bits per heavy atom. The van der Waals surface area contributed by atoms with Crippen LogP contribution in [0.2, 0.25) is 5.02 Å². The lowest BCUT2D eigenvalue weighted by atomic mass is 10.1. The first-order valence-electron chi connectivity index (χ1n) is 6.95. The van der Waals surface area contributed by atoms with Gasteiger partial charge in [-0.1, -0.05) is 30.7 Å². The number of halogens is 1. The molecule has 2 nitrogen and oxygen atoms in total. The zero-order chi connectivity index (χ0) is 12.8. The molecule has 18 heavy (non-hydrogen) atoms. The molecule has 1 saturated heterocycles. The predicted octanol–water partition coefficient (Wildman–Crippen LogP) is 3.16. The molecule has 0 bridgehead atoms. The van der Waals surface area contributed by atoms with E-state index in [-0.39, 0.29) is 0 Å². The van der Waals surface area contributed by atoms with Crippen LogP contribution in [0.1, 0.15) is 25.3 Å². The minimum atomic E-state index is 0.815. The van der Waals surface area contributed by atoms with Gasteiger partial charge in [0.05, 0.1) is 0 Å². The van der Waals surface area contributed by atoms with Gasteiger partial charge in [0.25, 0.3) is 0 Å². The molecule has 1 heterocycles. The van der Waals surface area contributed by atoms with E-state index in [2.05, 4.69) is 29.3 Å². The molecule has 3 heteroatoms. The number of benzene rings is 1. The summed E-state index contributed by atoms with van der Waals surface area (Å²) in [6, 6.07) is 8.21. The van der Waals surface area contributed by atoms with E-state index in [1.807, 2.05) is 12.1 Å². The third-order valence-electron chi connectivity index (χ3n) is 3.52. The van der Waals surface area contributed by atoms with Crippen LogP contribution in [0, 0.1) is 5.92 Å². The van der Waals surface area contributed by atoms with Crippen LogP contribution in [-0.2, 0) is 6.54 Å². The van der Waals surface area contributed by atoms with Crippen molar-refractivity contribution >= 4 is 11.6 Å². The van der Waals surface area contributed by atoms with Crippen LogP contribution in [0.15, 0.2) is 24.3 Å². The normalized spacial score (nSPS) is 20.4. The van der Waals surface area contributed by atoms with E-state index in [9.17, 15) is 0 Å². The molecule has 0 aliphatic carbocycles. The molecule has 0 aromatic heterocycles. The summed E-state index contributed by atoms with van der Waals surface area (Å²) in [5.41, 5.74) is 1.32. The average Bonchev–Trinajstić information content (AvgIpc) is 2.77. The molecule has 1 N–H and O–H groups in total. The van der Waals surface area contributed by atoms with E-state index < -0.39 is 0 Å². The number of hydrogen-bond donors (Lipinski definition) is 1. The molecule has 1 aliphatic heterocycles. The second-order valence-electron chi connectivity index (χ2n) is 5.22. The monoisotopic (exact) mass is 266 g/mol. The quantitative estimate of drug-likeness (QED) is 0.796. The van der Waals surface area contributed by atoms with Crippen molar-refractivity contribution in [1.29, 1.82) is 0 Å². The highest BCUT2D eigenvalue weighted by Crippen LogP contribution is 2.19. The van der Waals surface area contributed by atoms with Gasteiger partial charge in [0, 0.05) is 18.1 Å². The highest BCUT2D eigenvalue weighted by Gasteiger charge is 2.21. The van der Waals surface area contributed by atoms with Crippen LogP contribution in [0.3, 0.4) is 0 Å². The molecule has 1 atom stereocenters. The molecule has 1 unspecified atom stereocenters. The van der Waals surface area contributed by atoms with Crippen LogP contribution in [0.25, 0.3) is 0 Å². The topological polar surface area (TPSA) is 15.3 Å². The molecule has 0 amide bonds. The van der Waals surface area contributed by atoms with Gasteiger partial charge in [-0.2, -0.15) is 0 Å². The van der Waals surface area contributed by atoms with Crippen molar-refractivity contribution in [2.24, 2.45) is 5.92 Å². The zero-order valence-electron chi connectivity index (χ0n) is 11.2. The summed E-state index contributed by atoms with van der Waals surface area (Å²) in [6.45, 7) is 7.98. The molecule has 1 aromatic rings. The third kappa shape index (κ3) is 4.27. The van der Waals surface area contributed by atoms with Crippen LogP contribution < -0.4 is 5.32 Å². The highest BCUT2D eigenvalue weighted by atomic mass is 35.5. The predicted molar refractivity (Wildman–Crippen MR) is 78.0 cm³/mol. The number of nitrogens with one attached hydrogen (secondary N) is 1. The van der Waals surface area contributed by atoms with Gasteiger partial charge in [-0.3, -0.25) is 4.90 Å². The maximum atomic E-state index is 6.01. The van der Waals surface area contributed by atoms with Crippen LogP contribution >= 0.6 is 11.6 Å². The fourth-order valence-electron chi connectivity index (χ4n) is 2.60. The van der Waals surface area contributed by atoms with E-state index in [1.165, 1.54) is 38.0 Å². The van der Waals surface area contributed by atoms with Crippen LogP contribution in [0.5, 0.6) is 0 Å². The lowest BCUT2D eigenvalue weighted by Gasteiger charge is -2.16. The van der Waals surface area contributed by atoms with Crippen LogP contribution in [-0.4, -0.2) is 31.1 Å². The number of rotatable bonds is 6. The molecule has 1 aromatic carbocycles. The van der Waals surface area contributed by atoms with Gasteiger partial charge in [0.1, 0.15) is 0 Å². The van der Waals surface area contributed by atoms with E-state index in [1.54, 1.807) is 0 Å². The minimum Gasteiger partial charge on any atom is -0.316 e. The Labute approximate surface area is 115 Å². The van der Waals surface area contributed by atoms with Crippen molar-refractivity contribution in [2.45, 2.75) is 26.3 Å². The molecule has 0 spiro atoms. The zero-order valence-corrected chi connectivity index (χ0v) is 11.9. The summed E-state index contributed by atoms with van der Waals surface area (Å²) in [4.78, 5) is 2.53. The first-order valence-corrected chi connectivity index (χ1v) is 7.33. The number of likely N-dealkylation sites (tertiary alicyclic amines) is 1. The molecule has 0 saturated carbocycles. The Morgan fingerprint density at radius 3 is 3.11 bits per heavy atom. The molecule has 1 aliphatic rings. The Bertz CT molecular complexity index is 367. The lowest BCUT2D eigenvalue weighted by molar-refractivity contribution is 0.314. The Balaban J connectivity index is 1.75. The SMILES string of the molecule is CCCNCC1CCN(Cc2cccc(Cl)c2)C1. The van der Waals surface area contributed by atoms with Gasteiger partial charge in [-0.15, -0.1) is 0 Å². The van der Waals surface area contributed by atoms with Crippen LogP contribution in [0.4, 0.5) is 0 Å². The largest absolute Gasteiger partial charge is 0.316 e. The van der Waals surface area contributed by atoms with Crippen molar-refractivity contribution in [3.05, 3.63) is 34.9 Å². The number of hydrogen-bond acceptors (Lipinski definition) is 2. The molecule has 100 valence electrons. The molecular weight excluding hydrogens is 244 g/mol. The smallest absolute Gasteiger partial charge is 0.0409 e. The van der Waals surface area contributed by atoms with E-state index in [0.717, 1.165) is 24.0 Å². The second-order valence-corrected chi connectivity index (χ2v) is 5.66. The summed E-state index contributed by atoms with van der Waals surface area (Å²) >= 11 is 6.01. The third-order valence-corrected chi connectivity index (χ3v) is 3.76. The fourth-order valence-corrected chi connectivity index (χ4v) is 2.81. The summed E-state index contributed by atoms with van der Waals surface area (Å²) in [5.74, 6) is 0.815. The first kappa shape index (κ1) is 13.9. The van der Waals surface area contributed by atoms with E-state index >= 15 is 0 Å². The Hall–Kier alpha value is -0.570. The van der Waals surface area contributed by atoms with E-state index in [0.29, 0.717) is 0 Å². The summed E-state index contributed by atoms with van der Waals surface area (Å²) < 4.78 is 0.